The SMILES string of the molecule is COC(CN1CCN(CCCC(=O)c2ccc(F)cc2)CC1)c1ccccc1.Cl.Cl. The molecule has 0 aliphatic carbocycles. The van der Waals surface area contributed by atoms with Crippen LogP contribution in [0.3, 0.4) is 0 Å². The zero-order valence-electron chi connectivity index (χ0n) is 17.3. The van der Waals surface area contributed by atoms with E-state index in [9.17, 15) is 9.18 Å². The Kier molecular flexibility index (Phi) is 12.1. The molecule has 0 spiro atoms. The minimum Gasteiger partial charge on any atom is -0.375 e. The van der Waals surface area contributed by atoms with Crippen molar-refractivity contribution in [2.24, 2.45) is 0 Å². The van der Waals surface area contributed by atoms with E-state index in [-0.39, 0.29) is 42.5 Å². The number of halogens is 3. The van der Waals surface area contributed by atoms with Crippen LogP contribution in [0.5, 0.6) is 0 Å². The molecule has 1 fully saturated rings. The lowest BCUT2D eigenvalue weighted by atomic mass is 10.1. The summed E-state index contributed by atoms with van der Waals surface area (Å²) >= 11 is 0. The average molecular weight is 457 g/mol. The highest BCUT2D eigenvalue weighted by Crippen LogP contribution is 2.18. The molecule has 166 valence electrons. The van der Waals surface area contributed by atoms with E-state index >= 15 is 0 Å². The largest absolute Gasteiger partial charge is 0.375 e. The molecule has 1 saturated heterocycles. The predicted molar refractivity (Wildman–Crippen MR) is 124 cm³/mol. The molecule has 1 heterocycles. The smallest absolute Gasteiger partial charge is 0.162 e. The van der Waals surface area contributed by atoms with Crippen molar-refractivity contribution >= 4 is 30.6 Å². The van der Waals surface area contributed by atoms with Crippen LogP contribution in [0.1, 0.15) is 34.9 Å². The van der Waals surface area contributed by atoms with E-state index in [0.717, 1.165) is 45.7 Å². The highest BCUT2D eigenvalue weighted by Gasteiger charge is 2.21. The summed E-state index contributed by atoms with van der Waals surface area (Å²) in [6.45, 7) is 5.87. The van der Waals surface area contributed by atoms with Gasteiger partial charge in [0.2, 0.25) is 0 Å². The van der Waals surface area contributed by atoms with Gasteiger partial charge >= 0.3 is 0 Å². The Morgan fingerprint density at radius 1 is 0.967 bits per heavy atom. The molecule has 1 atom stereocenters. The lowest BCUT2D eigenvalue weighted by Crippen LogP contribution is -2.47. The quantitative estimate of drug-likeness (QED) is 0.514. The van der Waals surface area contributed by atoms with Crippen LogP contribution in [0.4, 0.5) is 4.39 Å². The van der Waals surface area contributed by atoms with Crippen LogP contribution in [-0.4, -0.2) is 62.0 Å². The predicted octanol–water partition coefficient (Wildman–Crippen LogP) is 4.64. The number of hydrogen-bond acceptors (Lipinski definition) is 4. The molecule has 2 aromatic carbocycles. The summed E-state index contributed by atoms with van der Waals surface area (Å²) in [5.74, 6) is -0.221. The number of carbonyl (C=O) groups is 1. The van der Waals surface area contributed by atoms with Crippen LogP contribution in [0, 0.1) is 5.82 Å². The molecule has 0 amide bonds. The van der Waals surface area contributed by atoms with E-state index in [0.29, 0.717) is 12.0 Å². The van der Waals surface area contributed by atoms with Crippen LogP contribution >= 0.6 is 24.8 Å². The third-order valence-corrected chi connectivity index (χ3v) is 5.39. The van der Waals surface area contributed by atoms with Gasteiger partial charge in [0.05, 0.1) is 6.10 Å². The van der Waals surface area contributed by atoms with Crippen molar-refractivity contribution in [1.82, 2.24) is 9.80 Å². The molecular weight excluding hydrogens is 426 g/mol. The first kappa shape index (κ1) is 26.5. The van der Waals surface area contributed by atoms with Gasteiger partial charge in [0.25, 0.3) is 0 Å². The molecule has 0 saturated carbocycles. The maximum Gasteiger partial charge on any atom is 0.162 e. The van der Waals surface area contributed by atoms with Gasteiger partial charge in [-0.1, -0.05) is 30.3 Å². The molecule has 0 radical (unpaired) electrons. The van der Waals surface area contributed by atoms with Gasteiger partial charge in [0.15, 0.2) is 5.78 Å². The maximum atomic E-state index is 12.9. The Hall–Kier alpha value is -1.50. The highest BCUT2D eigenvalue weighted by atomic mass is 35.5. The second-order valence-corrected chi connectivity index (χ2v) is 7.31. The first-order chi connectivity index (χ1) is 13.7. The molecule has 0 aromatic heterocycles. The third-order valence-electron chi connectivity index (χ3n) is 5.39. The van der Waals surface area contributed by atoms with Gasteiger partial charge in [-0.3, -0.25) is 9.69 Å². The van der Waals surface area contributed by atoms with Crippen molar-refractivity contribution in [2.45, 2.75) is 18.9 Å². The van der Waals surface area contributed by atoms with Gasteiger partial charge in [-0.15, -0.1) is 24.8 Å². The lowest BCUT2D eigenvalue weighted by Gasteiger charge is -2.36. The molecule has 1 unspecified atom stereocenters. The van der Waals surface area contributed by atoms with E-state index in [1.807, 2.05) is 18.2 Å². The van der Waals surface area contributed by atoms with Crippen molar-refractivity contribution in [3.8, 4) is 0 Å². The van der Waals surface area contributed by atoms with E-state index in [1.165, 1.54) is 17.7 Å². The Balaban J connectivity index is 0.00000225. The zero-order chi connectivity index (χ0) is 19.8. The van der Waals surface area contributed by atoms with Gasteiger partial charge in [-0.05, 0) is 42.8 Å². The lowest BCUT2D eigenvalue weighted by molar-refractivity contribution is 0.0416. The summed E-state index contributed by atoms with van der Waals surface area (Å²) in [5, 5.41) is 0. The number of rotatable bonds is 9. The van der Waals surface area contributed by atoms with E-state index < -0.39 is 0 Å². The fraction of sp³-hybridized carbons (Fsp3) is 0.435. The van der Waals surface area contributed by atoms with Crippen LogP contribution < -0.4 is 0 Å². The summed E-state index contributed by atoms with van der Waals surface area (Å²) in [7, 11) is 1.77. The van der Waals surface area contributed by atoms with Gasteiger partial charge < -0.3 is 9.64 Å². The van der Waals surface area contributed by atoms with Crippen molar-refractivity contribution < 1.29 is 13.9 Å². The summed E-state index contributed by atoms with van der Waals surface area (Å²) < 4.78 is 18.6. The minimum absolute atomic E-state index is 0. The number of methoxy groups -OCH3 is 1. The number of hydrogen-bond donors (Lipinski definition) is 0. The van der Waals surface area contributed by atoms with Gasteiger partial charge in [0.1, 0.15) is 5.82 Å². The third kappa shape index (κ3) is 7.97. The number of carbonyl (C=O) groups excluding carboxylic acids is 1. The number of piperazine rings is 1. The number of nitrogens with zero attached hydrogens (tertiary/aromatic N) is 2. The number of ether oxygens (including phenoxy) is 1. The molecule has 1 aliphatic rings. The van der Waals surface area contributed by atoms with Crippen LogP contribution in [0.15, 0.2) is 54.6 Å². The van der Waals surface area contributed by atoms with E-state index in [4.69, 9.17) is 4.74 Å². The van der Waals surface area contributed by atoms with Crippen molar-refractivity contribution in [3.63, 3.8) is 0 Å². The summed E-state index contributed by atoms with van der Waals surface area (Å²) in [4.78, 5) is 17.0. The summed E-state index contributed by atoms with van der Waals surface area (Å²) in [6, 6.07) is 16.2. The van der Waals surface area contributed by atoms with Crippen molar-refractivity contribution in [3.05, 3.63) is 71.5 Å². The summed E-state index contributed by atoms with van der Waals surface area (Å²) in [6.07, 6.45) is 1.44. The number of ketones is 1. The fourth-order valence-electron chi connectivity index (χ4n) is 3.66. The first-order valence-electron chi connectivity index (χ1n) is 9.97. The second kappa shape index (κ2) is 13.7. The van der Waals surface area contributed by atoms with Gasteiger partial charge in [-0.25, -0.2) is 4.39 Å². The van der Waals surface area contributed by atoms with Crippen molar-refractivity contribution in [1.29, 1.82) is 0 Å². The minimum atomic E-state index is -0.308. The molecule has 30 heavy (non-hydrogen) atoms. The maximum absolute atomic E-state index is 12.9. The highest BCUT2D eigenvalue weighted by molar-refractivity contribution is 5.95. The molecule has 4 nitrogen and oxygen atoms in total. The first-order valence-corrected chi connectivity index (χ1v) is 9.97. The molecule has 2 aromatic rings. The molecule has 0 N–H and O–H groups in total. The standard InChI is InChI=1S/C23H29FN2O2.2ClH/c1-28-23(20-6-3-2-4-7-20)18-26-16-14-25(15-17-26)13-5-8-22(27)19-9-11-21(24)12-10-19;;/h2-4,6-7,9-12,23H,5,8,13-18H2,1H3;2*1H. The Morgan fingerprint density at radius 2 is 1.57 bits per heavy atom. The second-order valence-electron chi connectivity index (χ2n) is 7.31. The Morgan fingerprint density at radius 3 is 2.17 bits per heavy atom. The average Bonchev–Trinajstić information content (AvgIpc) is 2.74. The molecular formula is C23H31Cl2FN2O2. The Labute approximate surface area is 191 Å². The van der Waals surface area contributed by atoms with Crippen LogP contribution in [-0.2, 0) is 4.74 Å². The molecule has 1 aliphatic heterocycles. The van der Waals surface area contributed by atoms with Crippen LogP contribution in [0.25, 0.3) is 0 Å². The van der Waals surface area contributed by atoms with Crippen molar-refractivity contribution in [2.75, 3.05) is 46.4 Å². The van der Waals surface area contributed by atoms with E-state index in [1.54, 1.807) is 19.2 Å². The number of Topliss-reactive ketones (excluding diaryl/α,β-unsaturated/α-hetero) is 1. The topological polar surface area (TPSA) is 32.8 Å². The van der Waals surface area contributed by atoms with Crippen LogP contribution in [0.2, 0.25) is 0 Å². The van der Waals surface area contributed by atoms with Gasteiger partial charge in [-0.2, -0.15) is 0 Å². The van der Waals surface area contributed by atoms with E-state index in [2.05, 4.69) is 21.9 Å². The molecule has 0 bridgehead atoms. The van der Waals surface area contributed by atoms with Gasteiger partial charge in [0, 0.05) is 51.8 Å². The molecule has 7 heteroatoms. The zero-order valence-corrected chi connectivity index (χ0v) is 19.0. The summed E-state index contributed by atoms with van der Waals surface area (Å²) in [5.41, 5.74) is 1.81. The normalized spacial score (nSPS) is 15.7. The molecule has 3 rings (SSSR count). The number of benzene rings is 2. The monoisotopic (exact) mass is 456 g/mol. The fourth-order valence-corrected chi connectivity index (χ4v) is 3.66. The Bertz CT molecular complexity index is 739.